The molecule has 3 heterocycles. The predicted octanol–water partition coefficient (Wildman–Crippen LogP) is 1.64. The van der Waals surface area contributed by atoms with E-state index >= 15 is 0 Å². The number of hydrogen-bond acceptors (Lipinski definition) is 3. The Hall–Kier alpha value is -0.870. The molecule has 1 aromatic heterocycles. The summed E-state index contributed by atoms with van der Waals surface area (Å²) in [5, 5.41) is 9.30. The van der Waals surface area contributed by atoms with Crippen LogP contribution < -0.4 is 0 Å². The van der Waals surface area contributed by atoms with Gasteiger partial charge >= 0.3 is 0 Å². The van der Waals surface area contributed by atoms with Gasteiger partial charge in [-0.25, -0.2) is 4.98 Å². The number of likely N-dealkylation sites (N-methyl/N-ethyl adjacent to an activating group) is 1. The van der Waals surface area contributed by atoms with Crippen LogP contribution in [-0.2, 0) is 13.0 Å². The van der Waals surface area contributed by atoms with Gasteiger partial charge in [0.2, 0.25) is 0 Å². The Bertz CT molecular complexity index is 429. The second kappa shape index (κ2) is 5.63. The van der Waals surface area contributed by atoms with Crippen LogP contribution in [0.4, 0.5) is 0 Å². The topological polar surface area (TPSA) is 41.3 Å². The number of aliphatic hydroxyl groups is 1. The van der Waals surface area contributed by atoms with Crippen LogP contribution in [0.25, 0.3) is 0 Å². The van der Waals surface area contributed by atoms with Crippen molar-refractivity contribution in [3.05, 3.63) is 17.7 Å². The van der Waals surface area contributed by atoms with Crippen molar-refractivity contribution in [3.8, 4) is 0 Å². The largest absolute Gasteiger partial charge is 0.396 e. The zero-order valence-electron chi connectivity index (χ0n) is 11.9. The van der Waals surface area contributed by atoms with Gasteiger partial charge in [-0.15, -0.1) is 0 Å². The molecule has 1 N–H and O–H groups in total. The molecular weight excluding hydrogens is 238 g/mol. The molecule has 0 spiro atoms. The highest BCUT2D eigenvalue weighted by atomic mass is 16.3. The van der Waals surface area contributed by atoms with Gasteiger partial charge in [0.05, 0.1) is 5.69 Å². The summed E-state index contributed by atoms with van der Waals surface area (Å²) in [5.74, 6) is 2.22. The number of fused-ring (bicyclic) bond motifs is 1. The Labute approximate surface area is 115 Å². The lowest BCUT2D eigenvalue weighted by molar-refractivity contribution is 0.199. The summed E-state index contributed by atoms with van der Waals surface area (Å²) in [7, 11) is 0. The van der Waals surface area contributed by atoms with E-state index in [-0.39, 0.29) is 0 Å². The third kappa shape index (κ3) is 2.70. The summed E-state index contributed by atoms with van der Waals surface area (Å²) in [4.78, 5) is 7.40. The van der Waals surface area contributed by atoms with E-state index in [1.807, 2.05) is 0 Å². The molecule has 2 aliphatic heterocycles. The van der Waals surface area contributed by atoms with Crippen molar-refractivity contribution in [2.75, 3.05) is 26.2 Å². The summed E-state index contributed by atoms with van der Waals surface area (Å²) in [6.45, 7) is 7.12. The molecule has 2 unspecified atom stereocenters. The zero-order chi connectivity index (χ0) is 13.2. The highest BCUT2D eigenvalue weighted by molar-refractivity contribution is 5.13. The van der Waals surface area contributed by atoms with E-state index in [0.29, 0.717) is 18.4 Å². The summed E-state index contributed by atoms with van der Waals surface area (Å²) in [6.07, 6.45) is 6.87. The SMILES string of the molecule is CCN1CCCC(c2cn3c(n2)CC(CO)CC3)C1. The molecule has 0 radical (unpaired) electrons. The highest BCUT2D eigenvalue weighted by Crippen LogP contribution is 2.28. The minimum absolute atomic E-state index is 0.301. The first-order valence-electron chi connectivity index (χ1n) is 7.69. The predicted molar refractivity (Wildman–Crippen MR) is 75.2 cm³/mol. The molecule has 0 aliphatic carbocycles. The van der Waals surface area contributed by atoms with E-state index in [2.05, 4.69) is 22.6 Å². The molecule has 1 aromatic rings. The molecule has 2 atom stereocenters. The lowest BCUT2D eigenvalue weighted by Crippen LogP contribution is -2.34. The number of aromatic nitrogens is 2. The number of imidazole rings is 1. The van der Waals surface area contributed by atoms with Crippen molar-refractivity contribution in [3.63, 3.8) is 0 Å². The fourth-order valence-corrected chi connectivity index (χ4v) is 3.45. The molecule has 1 saturated heterocycles. The minimum atomic E-state index is 0.301. The fraction of sp³-hybridized carbons (Fsp3) is 0.800. The fourth-order valence-electron chi connectivity index (χ4n) is 3.45. The minimum Gasteiger partial charge on any atom is -0.396 e. The normalized spacial score (nSPS) is 28.3. The van der Waals surface area contributed by atoms with Gasteiger partial charge in [-0.3, -0.25) is 0 Å². The van der Waals surface area contributed by atoms with Crippen molar-refractivity contribution in [2.45, 2.75) is 45.1 Å². The van der Waals surface area contributed by atoms with E-state index < -0.39 is 0 Å². The lowest BCUT2D eigenvalue weighted by atomic mass is 9.95. The molecule has 2 aliphatic rings. The second-order valence-electron chi connectivity index (χ2n) is 6.05. The van der Waals surface area contributed by atoms with Gasteiger partial charge in [0.25, 0.3) is 0 Å². The monoisotopic (exact) mass is 263 g/mol. The summed E-state index contributed by atoms with van der Waals surface area (Å²) in [6, 6.07) is 0. The number of likely N-dealkylation sites (tertiary alicyclic amines) is 1. The van der Waals surface area contributed by atoms with Crippen LogP contribution in [0.2, 0.25) is 0 Å². The molecular formula is C15H25N3O. The van der Waals surface area contributed by atoms with Gasteiger partial charge in [0, 0.05) is 38.2 Å². The van der Waals surface area contributed by atoms with Crippen LogP contribution in [-0.4, -0.2) is 45.8 Å². The zero-order valence-corrected chi connectivity index (χ0v) is 11.9. The number of nitrogens with zero attached hydrogens (tertiary/aromatic N) is 3. The molecule has 3 rings (SSSR count). The van der Waals surface area contributed by atoms with E-state index in [9.17, 15) is 5.11 Å². The number of hydrogen-bond donors (Lipinski definition) is 1. The first kappa shape index (κ1) is 13.1. The maximum Gasteiger partial charge on any atom is 0.109 e. The molecule has 4 nitrogen and oxygen atoms in total. The van der Waals surface area contributed by atoms with Crippen molar-refractivity contribution in [2.24, 2.45) is 5.92 Å². The van der Waals surface area contributed by atoms with E-state index in [4.69, 9.17) is 4.98 Å². The maximum atomic E-state index is 9.30. The van der Waals surface area contributed by atoms with Crippen molar-refractivity contribution in [1.29, 1.82) is 0 Å². The third-order valence-electron chi connectivity index (χ3n) is 4.76. The van der Waals surface area contributed by atoms with Gasteiger partial charge in [-0.1, -0.05) is 6.92 Å². The molecule has 106 valence electrons. The molecule has 4 heteroatoms. The van der Waals surface area contributed by atoms with Crippen LogP contribution in [0.5, 0.6) is 0 Å². The summed E-state index contributed by atoms with van der Waals surface area (Å²) in [5.41, 5.74) is 1.28. The Morgan fingerprint density at radius 3 is 3.05 bits per heavy atom. The van der Waals surface area contributed by atoms with Gasteiger partial charge in [0.1, 0.15) is 5.82 Å². The van der Waals surface area contributed by atoms with Crippen LogP contribution in [0, 0.1) is 5.92 Å². The average molecular weight is 263 g/mol. The first-order valence-corrected chi connectivity index (χ1v) is 7.69. The average Bonchev–Trinajstić information content (AvgIpc) is 2.90. The number of piperidine rings is 1. The van der Waals surface area contributed by atoms with E-state index in [1.165, 1.54) is 30.9 Å². The number of aryl methyl sites for hydroxylation is 1. The summed E-state index contributed by atoms with van der Waals surface area (Å²) < 4.78 is 2.31. The van der Waals surface area contributed by atoms with Crippen LogP contribution >= 0.6 is 0 Å². The molecule has 0 amide bonds. The summed E-state index contributed by atoms with van der Waals surface area (Å²) >= 11 is 0. The molecule has 0 saturated carbocycles. The quantitative estimate of drug-likeness (QED) is 0.901. The van der Waals surface area contributed by atoms with Crippen LogP contribution in [0.15, 0.2) is 6.20 Å². The van der Waals surface area contributed by atoms with Crippen LogP contribution in [0.3, 0.4) is 0 Å². The van der Waals surface area contributed by atoms with Gasteiger partial charge in [0.15, 0.2) is 0 Å². The smallest absolute Gasteiger partial charge is 0.109 e. The Morgan fingerprint density at radius 1 is 1.37 bits per heavy atom. The van der Waals surface area contributed by atoms with Gasteiger partial charge < -0.3 is 14.6 Å². The molecule has 1 fully saturated rings. The standard InChI is InChI=1S/C15H25N3O/c1-2-17-6-3-4-13(9-17)14-10-18-7-5-12(11-19)8-15(18)16-14/h10,12-13,19H,2-9,11H2,1H3. The second-order valence-corrected chi connectivity index (χ2v) is 6.05. The van der Waals surface area contributed by atoms with Gasteiger partial charge in [-0.05, 0) is 38.3 Å². The lowest BCUT2D eigenvalue weighted by Gasteiger charge is -2.30. The van der Waals surface area contributed by atoms with E-state index in [0.717, 1.165) is 32.5 Å². The maximum absolute atomic E-state index is 9.30. The third-order valence-corrected chi connectivity index (χ3v) is 4.76. The van der Waals surface area contributed by atoms with Crippen molar-refractivity contribution >= 4 is 0 Å². The number of aliphatic hydroxyl groups excluding tert-OH is 1. The molecule has 0 bridgehead atoms. The molecule has 0 aromatic carbocycles. The van der Waals surface area contributed by atoms with E-state index in [1.54, 1.807) is 0 Å². The first-order chi connectivity index (χ1) is 9.30. The number of rotatable bonds is 3. The Kier molecular flexibility index (Phi) is 3.89. The van der Waals surface area contributed by atoms with Crippen LogP contribution in [0.1, 0.15) is 43.6 Å². The molecule has 19 heavy (non-hydrogen) atoms. The van der Waals surface area contributed by atoms with Crippen molar-refractivity contribution < 1.29 is 5.11 Å². The van der Waals surface area contributed by atoms with Gasteiger partial charge in [-0.2, -0.15) is 0 Å². The highest BCUT2D eigenvalue weighted by Gasteiger charge is 2.26. The Balaban J connectivity index is 1.74. The Morgan fingerprint density at radius 2 is 2.26 bits per heavy atom. The van der Waals surface area contributed by atoms with Crippen molar-refractivity contribution in [1.82, 2.24) is 14.5 Å².